The summed E-state index contributed by atoms with van der Waals surface area (Å²) in [7, 11) is 0. The fraction of sp³-hybridized carbons (Fsp3) is 0.125. The van der Waals surface area contributed by atoms with E-state index in [4.69, 9.17) is 5.11 Å². The summed E-state index contributed by atoms with van der Waals surface area (Å²) in [4.78, 5) is 23.0. The molecule has 1 amide bonds. The van der Waals surface area contributed by atoms with Crippen LogP contribution in [0.25, 0.3) is 0 Å². The van der Waals surface area contributed by atoms with Crippen LogP contribution in [0.1, 0.15) is 16.1 Å². The zero-order valence-corrected chi connectivity index (χ0v) is 14.5. The lowest BCUT2D eigenvalue weighted by atomic mass is 10.2. The number of amides is 1. The number of benzene rings is 1. The van der Waals surface area contributed by atoms with Crippen molar-refractivity contribution in [1.29, 1.82) is 0 Å². The molecule has 0 radical (unpaired) electrons. The van der Waals surface area contributed by atoms with Gasteiger partial charge >= 0.3 is 5.97 Å². The van der Waals surface area contributed by atoms with E-state index < -0.39 is 11.9 Å². The number of carboxylic acids is 1. The molecule has 2 N–H and O–H groups in total. The molecule has 1 aromatic carbocycles. The molecule has 0 saturated carbocycles. The van der Waals surface area contributed by atoms with Gasteiger partial charge in [0.05, 0.1) is 6.54 Å². The second-order valence-electron chi connectivity index (χ2n) is 5.25. The Morgan fingerprint density at radius 2 is 1.92 bits per heavy atom. The number of hydrogen-bond donors (Lipinski definition) is 2. The number of carbonyl (C=O) groups is 2. The maximum Gasteiger partial charge on any atom is 0.325 e. The molecule has 25 heavy (non-hydrogen) atoms. The molecule has 0 bridgehead atoms. The summed E-state index contributed by atoms with van der Waals surface area (Å²) in [6.45, 7) is 0.188. The summed E-state index contributed by atoms with van der Waals surface area (Å²) in [6.07, 6.45) is 3.14. The highest BCUT2D eigenvalue weighted by Crippen LogP contribution is 2.12. The molecular weight excluding hydrogens is 390 g/mol. The first-order valence-electron chi connectivity index (χ1n) is 7.34. The molecule has 0 aliphatic rings. The third-order valence-electron chi connectivity index (χ3n) is 3.37. The van der Waals surface area contributed by atoms with Gasteiger partial charge in [-0.3, -0.25) is 14.3 Å². The molecule has 0 atom stereocenters. The molecule has 3 rings (SSSR count). The van der Waals surface area contributed by atoms with Crippen LogP contribution in [0.5, 0.6) is 0 Å². The number of hydrogen-bond acceptors (Lipinski definition) is 4. The molecule has 2 heterocycles. The molecule has 8 nitrogen and oxygen atoms in total. The number of nitrogens with one attached hydrogen (secondary N) is 1. The highest BCUT2D eigenvalue weighted by Gasteiger charge is 2.15. The van der Waals surface area contributed by atoms with Gasteiger partial charge in [0.15, 0.2) is 5.82 Å². The van der Waals surface area contributed by atoms with Gasteiger partial charge in [0.25, 0.3) is 5.91 Å². The van der Waals surface area contributed by atoms with E-state index in [9.17, 15) is 9.59 Å². The number of anilines is 1. The zero-order chi connectivity index (χ0) is 17.8. The van der Waals surface area contributed by atoms with Gasteiger partial charge < -0.3 is 10.4 Å². The van der Waals surface area contributed by atoms with Crippen LogP contribution in [0.2, 0.25) is 0 Å². The van der Waals surface area contributed by atoms with E-state index in [0.29, 0.717) is 12.4 Å². The Kier molecular flexibility index (Phi) is 4.94. The predicted molar refractivity (Wildman–Crippen MR) is 93.3 cm³/mol. The quantitative estimate of drug-likeness (QED) is 0.656. The van der Waals surface area contributed by atoms with Crippen LogP contribution in [0.4, 0.5) is 5.82 Å². The number of carbonyl (C=O) groups excluding carboxylic acids is 1. The van der Waals surface area contributed by atoms with Gasteiger partial charge in [0.1, 0.15) is 12.2 Å². The summed E-state index contributed by atoms with van der Waals surface area (Å²) in [6, 6.07) is 11.0. The molecule has 0 spiro atoms. The van der Waals surface area contributed by atoms with Crippen LogP contribution in [0, 0.1) is 0 Å². The first-order valence-corrected chi connectivity index (χ1v) is 8.13. The Morgan fingerprint density at radius 1 is 1.16 bits per heavy atom. The van der Waals surface area contributed by atoms with E-state index in [2.05, 4.69) is 31.4 Å². The predicted octanol–water partition coefficient (Wildman–Crippen LogP) is 2.23. The minimum Gasteiger partial charge on any atom is -0.480 e. The normalized spacial score (nSPS) is 10.6. The molecule has 0 unspecified atom stereocenters. The zero-order valence-electron chi connectivity index (χ0n) is 13.0. The Balaban J connectivity index is 1.67. The summed E-state index contributed by atoms with van der Waals surface area (Å²) in [5.74, 6) is -1.16. The number of rotatable bonds is 6. The Bertz CT molecular complexity index is 901. The Morgan fingerprint density at radius 3 is 2.64 bits per heavy atom. The molecule has 0 saturated heterocycles. The van der Waals surface area contributed by atoms with Crippen molar-refractivity contribution in [3.05, 3.63) is 64.5 Å². The molecule has 2 aromatic heterocycles. The first kappa shape index (κ1) is 16.9. The smallest absolute Gasteiger partial charge is 0.325 e. The van der Waals surface area contributed by atoms with Crippen LogP contribution in [-0.4, -0.2) is 36.5 Å². The van der Waals surface area contributed by atoms with Crippen LogP contribution >= 0.6 is 15.9 Å². The molecule has 0 aliphatic heterocycles. The Hall–Kier alpha value is -2.94. The first-order chi connectivity index (χ1) is 12.0. The second kappa shape index (κ2) is 7.31. The van der Waals surface area contributed by atoms with Gasteiger partial charge in [0, 0.05) is 22.9 Å². The summed E-state index contributed by atoms with van der Waals surface area (Å²) >= 11 is 3.39. The van der Waals surface area contributed by atoms with Crippen molar-refractivity contribution in [2.24, 2.45) is 0 Å². The monoisotopic (exact) mass is 403 g/mol. The van der Waals surface area contributed by atoms with E-state index in [1.54, 1.807) is 16.9 Å². The number of halogens is 1. The summed E-state index contributed by atoms with van der Waals surface area (Å²) in [5, 5.41) is 19.6. The summed E-state index contributed by atoms with van der Waals surface area (Å²) < 4.78 is 3.83. The molecule has 0 aliphatic carbocycles. The number of aliphatic carboxylic acids is 1. The van der Waals surface area contributed by atoms with Crippen molar-refractivity contribution in [3.63, 3.8) is 0 Å². The minimum atomic E-state index is -1.07. The molecule has 3 aromatic rings. The van der Waals surface area contributed by atoms with Crippen molar-refractivity contribution in [1.82, 2.24) is 19.6 Å². The van der Waals surface area contributed by atoms with Gasteiger partial charge in [-0.1, -0.05) is 28.1 Å². The van der Waals surface area contributed by atoms with Gasteiger partial charge in [-0.25, -0.2) is 4.68 Å². The fourth-order valence-electron chi connectivity index (χ4n) is 2.25. The summed E-state index contributed by atoms with van der Waals surface area (Å²) in [5.41, 5.74) is 1.23. The number of carboxylic acid groups (broad SMARTS) is 1. The average molecular weight is 404 g/mol. The third kappa shape index (κ3) is 4.32. The molecular formula is C16H14BrN5O3. The van der Waals surface area contributed by atoms with E-state index in [1.807, 2.05) is 24.3 Å². The maximum absolute atomic E-state index is 12.3. The van der Waals surface area contributed by atoms with E-state index in [-0.39, 0.29) is 12.2 Å². The van der Waals surface area contributed by atoms with Crippen molar-refractivity contribution >= 4 is 33.6 Å². The number of aromatic nitrogens is 4. The number of nitrogens with zero attached hydrogens (tertiary/aromatic N) is 4. The largest absolute Gasteiger partial charge is 0.480 e. The van der Waals surface area contributed by atoms with Crippen LogP contribution in [-0.2, 0) is 17.9 Å². The lowest BCUT2D eigenvalue weighted by Crippen LogP contribution is -2.21. The van der Waals surface area contributed by atoms with Crippen LogP contribution in [0.3, 0.4) is 0 Å². The van der Waals surface area contributed by atoms with E-state index in [1.165, 1.54) is 12.3 Å². The van der Waals surface area contributed by atoms with Crippen LogP contribution < -0.4 is 5.32 Å². The van der Waals surface area contributed by atoms with Crippen molar-refractivity contribution in [3.8, 4) is 0 Å². The van der Waals surface area contributed by atoms with Crippen molar-refractivity contribution in [2.45, 2.75) is 13.1 Å². The third-order valence-corrected chi connectivity index (χ3v) is 3.90. The highest BCUT2D eigenvalue weighted by atomic mass is 79.9. The SMILES string of the molecule is O=C(O)Cn1nccc1C(=O)Nc1ccn(Cc2ccc(Br)cc2)n1. The fourth-order valence-corrected chi connectivity index (χ4v) is 2.52. The molecule has 0 fully saturated rings. The van der Waals surface area contributed by atoms with E-state index >= 15 is 0 Å². The molecule has 128 valence electrons. The standard InChI is InChI=1S/C16H14BrN5O3/c17-12-3-1-11(2-4-12)9-21-8-6-14(20-21)19-16(25)13-5-7-18-22(13)10-15(23)24/h1-8H,9-10H2,(H,23,24)(H,19,20,25). The van der Waals surface area contributed by atoms with Gasteiger partial charge in [-0.2, -0.15) is 10.2 Å². The molecule has 9 heteroatoms. The lowest BCUT2D eigenvalue weighted by Gasteiger charge is -2.05. The van der Waals surface area contributed by atoms with Crippen molar-refractivity contribution in [2.75, 3.05) is 5.32 Å². The van der Waals surface area contributed by atoms with Gasteiger partial charge in [0.2, 0.25) is 0 Å². The second-order valence-corrected chi connectivity index (χ2v) is 6.16. The minimum absolute atomic E-state index is 0.157. The Labute approximate surface area is 151 Å². The van der Waals surface area contributed by atoms with Gasteiger partial charge in [-0.15, -0.1) is 0 Å². The van der Waals surface area contributed by atoms with E-state index in [0.717, 1.165) is 14.7 Å². The topological polar surface area (TPSA) is 102 Å². The van der Waals surface area contributed by atoms with Gasteiger partial charge in [-0.05, 0) is 23.8 Å². The average Bonchev–Trinajstić information content (AvgIpc) is 3.18. The lowest BCUT2D eigenvalue weighted by molar-refractivity contribution is -0.137. The maximum atomic E-state index is 12.3. The van der Waals surface area contributed by atoms with Crippen LogP contribution in [0.15, 0.2) is 53.3 Å². The highest BCUT2D eigenvalue weighted by molar-refractivity contribution is 9.10. The van der Waals surface area contributed by atoms with Crippen molar-refractivity contribution < 1.29 is 14.7 Å².